The van der Waals surface area contributed by atoms with Crippen molar-refractivity contribution in [1.82, 2.24) is 5.32 Å². The minimum absolute atomic E-state index is 0.00685. The molecule has 1 aliphatic carbocycles. The average molecular weight is 569 g/mol. The van der Waals surface area contributed by atoms with Crippen molar-refractivity contribution in [2.24, 2.45) is 11.1 Å². The number of fused-ring (bicyclic) bond motifs is 3. The molecule has 7 nitrogen and oxygen atoms in total. The summed E-state index contributed by atoms with van der Waals surface area (Å²) in [6, 6.07) is 10.4. The Morgan fingerprint density at radius 2 is 1.88 bits per heavy atom. The van der Waals surface area contributed by atoms with Crippen LogP contribution in [0.1, 0.15) is 95.8 Å². The highest BCUT2D eigenvalue weighted by Crippen LogP contribution is 2.55. The van der Waals surface area contributed by atoms with Crippen LogP contribution in [0.5, 0.6) is 11.5 Å². The molecule has 1 amide bonds. The Hall–Kier alpha value is -2.84. The Morgan fingerprint density at radius 1 is 1.18 bits per heavy atom. The number of nitrogens with two attached hydrogens (primary N) is 1. The molecule has 0 spiro atoms. The monoisotopic (exact) mass is 568 g/mol. The van der Waals surface area contributed by atoms with Gasteiger partial charge in [0.2, 0.25) is 15.9 Å². The average Bonchev–Trinajstić information content (AvgIpc) is 2.85. The van der Waals surface area contributed by atoms with Crippen LogP contribution in [0.25, 0.3) is 0 Å². The molecule has 1 heterocycles. The zero-order valence-electron chi connectivity index (χ0n) is 24.4. The Morgan fingerprint density at radius 3 is 2.55 bits per heavy atom. The van der Waals surface area contributed by atoms with Crippen LogP contribution in [0.3, 0.4) is 0 Å². The highest BCUT2D eigenvalue weighted by molar-refractivity contribution is 7.89. The molecule has 0 radical (unpaired) electrons. The first-order valence-corrected chi connectivity index (χ1v) is 15.8. The predicted octanol–water partition coefficient (Wildman–Crippen LogP) is 5.85. The summed E-state index contributed by atoms with van der Waals surface area (Å²) < 4.78 is 29.3. The number of phenolic OH excluding ortho intramolecular Hbond substituents is 1. The van der Waals surface area contributed by atoms with Crippen LogP contribution in [0.15, 0.2) is 52.9 Å². The lowest BCUT2D eigenvalue weighted by Crippen LogP contribution is -2.45. The van der Waals surface area contributed by atoms with Gasteiger partial charge in [-0.05, 0) is 93.7 Å². The molecule has 0 saturated carbocycles. The highest BCUT2D eigenvalue weighted by atomic mass is 32.2. The molecule has 0 bridgehead atoms. The van der Waals surface area contributed by atoms with E-state index in [1.54, 1.807) is 12.1 Å². The Bertz CT molecular complexity index is 1380. The van der Waals surface area contributed by atoms with E-state index < -0.39 is 10.0 Å². The van der Waals surface area contributed by atoms with Gasteiger partial charge in [0.05, 0.1) is 4.90 Å². The zero-order valence-corrected chi connectivity index (χ0v) is 25.2. The number of hydrogen-bond donors (Lipinski definition) is 3. The number of hydrogen-bond acceptors (Lipinski definition) is 5. The fraction of sp³-hybridized carbons (Fsp3) is 0.531. The number of allylic oxidation sites excluding steroid dienone is 2. The molecule has 0 unspecified atom stereocenters. The smallest absolute Gasteiger partial charge is 0.238 e. The van der Waals surface area contributed by atoms with E-state index in [0.717, 1.165) is 54.5 Å². The zero-order chi connectivity index (χ0) is 29.3. The van der Waals surface area contributed by atoms with Crippen molar-refractivity contribution in [3.8, 4) is 11.5 Å². The van der Waals surface area contributed by atoms with Crippen molar-refractivity contribution >= 4 is 15.9 Å². The van der Waals surface area contributed by atoms with Gasteiger partial charge in [0, 0.05) is 30.4 Å². The normalized spacial score (nSPS) is 20.1. The number of primary sulfonamides is 1. The second kappa shape index (κ2) is 11.6. The van der Waals surface area contributed by atoms with Gasteiger partial charge in [0.1, 0.15) is 17.1 Å². The maximum atomic E-state index is 12.4. The number of benzene rings is 2. The van der Waals surface area contributed by atoms with Gasteiger partial charge in [-0.1, -0.05) is 44.1 Å². The number of sulfonamides is 1. The van der Waals surface area contributed by atoms with Gasteiger partial charge in [-0.15, -0.1) is 0 Å². The topological polar surface area (TPSA) is 119 Å². The van der Waals surface area contributed by atoms with Crippen LogP contribution < -0.4 is 15.2 Å². The van der Waals surface area contributed by atoms with E-state index in [1.165, 1.54) is 17.7 Å². The summed E-state index contributed by atoms with van der Waals surface area (Å²) in [5.74, 6) is 1.76. The molecule has 218 valence electrons. The Kier molecular flexibility index (Phi) is 8.71. The molecular formula is C32H44N2O5S. The molecular weight excluding hydrogens is 524 g/mol. The molecule has 40 heavy (non-hydrogen) atoms. The molecule has 0 saturated heterocycles. The van der Waals surface area contributed by atoms with Gasteiger partial charge in [-0.25, -0.2) is 13.6 Å². The van der Waals surface area contributed by atoms with E-state index >= 15 is 0 Å². The van der Waals surface area contributed by atoms with Crippen LogP contribution >= 0.6 is 0 Å². The number of aromatic hydroxyl groups is 1. The maximum Gasteiger partial charge on any atom is 0.238 e. The first-order valence-electron chi connectivity index (χ1n) is 14.3. The number of amides is 1. The largest absolute Gasteiger partial charge is 0.508 e. The van der Waals surface area contributed by atoms with Gasteiger partial charge in [-0.3, -0.25) is 4.79 Å². The van der Waals surface area contributed by atoms with E-state index in [2.05, 4.69) is 52.1 Å². The van der Waals surface area contributed by atoms with Crippen LogP contribution in [-0.2, 0) is 26.7 Å². The fourth-order valence-corrected chi connectivity index (χ4v) is 6.75. The molecule has 0 fully saturated rings. The van der Waals surface area contributed by atoms with Crippen LogP contribution in [-0.4, -0.2) is 31.6 Å². The number of ether oxygens (including phenoxy) is 1. The summed E-state index contributed by atoms with van der Waals surface area (Å²) in [6.07, 6.45) is 7.83. The second-order valence-electron chi connectivity index (χ2n) is 12.7. The summed E-state index contributed by atoms with van der Waals surface area (Å²) in [5.41, 5.74) is 3.83. The number of rotatable bonds is 10. The number of unbranched alkanes of at least 4 members (excludes halogenated alkanes) is 1. The number of nitrogens with one attached hydrogen (secondary N) is 1. The quantitative estimate of drug-likeness (QED) is 0.246. The van der Waals surface area contributed by atoms with E-state index in [9.17, 15) is 18.3 Å². The van der Waals surface area contributed by atoms with Gasteiger partial charge >= 0.3 is 0 Å². The van der Waals surface area contributed by atoms with E-state index in [-0.39, 0.29) is 27.7 Å². The van der Waals surface area contributed by atoms with Crippen molar-refractivity contribution in [2.75, 3.05) is 6.54 Å². The highest BCUT2D eigenvalue weighted by Gasteiger charge is 2.46. The van der Waals surface area contributed by atoms with E-state index in [1.807, 2.05) is 6.07 Å². The summed E-state index contributed by atoms with van der Waals surface area (Å²) in [6.45, 7) is 11.3. The van der Waals surface area contributed by atoms with Gasteiger partial charge in [-0.2, -0.15) is 0 Å². The van der Waals surface area contributed by atoms with Crippen LogP contribution in [0, 0.1) is 5.92 Å². The number of carbonyl (C=O) groups excluding carboxylic acids is 1. The van der Waals surface area contributed by atoms with E-state index in [4.69, 9.17) is 9.88 Å². The SMILES string of the molecule is CC1=CC[C@@H]2[C@@H](C1)c1c(O)cc(C(C)(C)CCCCC(=O)NCCc3ccc(S(N)(=O)=O)cc3)cc1OC2(C)C. The van der Waals surface area contributed by atoms with E-state index in [0.29, 0.717) is 31.1 Å². The van der Waals surface area contributed by atoms with Gasteiger partial charge in [0.25, 0.3) is 0 Å². The lowest BCUT2D eigenvalue weighted by molar-refractivity contribution is -0.121. The van der Waals surface area contributed by atoms with Gasteiger partial charge < -0.3 is 15.2 Å². The minimum Gasteiger partial charge on any atom is -0.508 e. The first kappa shape index (κ1) is 30.1. The third kappa shape index (κ3) is 6.89. The summed E-state index contributed by atoms with van der Waals surface area (Å²) >= 11 is 0. The molecule has 2 aliphatic rings. The fourth-order valence-electron chi connectivity index (χ4n) is 6.23. The lowest BCUT2D eigenvalue weighted by atomic mass is 9.66. The van der Waals surface area contributed by atoms with Crippen molar-refractivity contribution in [3.05, 3.63) is 64.7 Å². The lowest BCUT2D eigenvalue weighted by Gasteiger charge is -2.47. The second-order valence-corrected chi connectivity index (χ2v) is 14.3. The molecule has 2 aromatic carbocycles. The summed E-state index contributed by atoms with van der Waals surface area (Å²) in [4.78, 5) is 12.4. The molecule has 1 aliphatic heterocycles. The summed E-state index contributed by atoms with van der Waals surface area (Å²) in [7, 11) is -3.70. The first-order chi connectivity index (χ1) is 18.7. The Labute approximate surface area is 239 Å². The molecule has 2 aromatic rings. The number of carbonyl (C=O) groups is 1. The Balaban J connectivity index is 1.28. The standard InChI is InChI=1S/C32H44N2O5S/c1-21-9-14-26-25(18-21)30-27(35)19-23(20-28(30)39-32(26,4)5)31(2,3)16-7-6-8-29(36)34-17-15-22-10-12-24(13-11-22)40(33,37)38/h9-13,19-20,25-26,35H,6-8,14-18H2,1-5H3,(H,34,36)(H2,33,37,38)/t25-,26-/m1/s1. The summed E-state index contributed by atoms with van der Waals surface area (Å²) in [5, 5.41) is 19.2. The van der Waals surface area contributed by atoms with Crippen molar-refractivity contribution < 1.29 is 23.1 Å². The van der Waals surface area contributed by atoms with Crippen molar-refractivity contribution in [1.29, 1.82) is 0 Å². The molecule has 4 N–H and O–H groups in total. The van der Waals surface area contributed by atoms with Crippen molar-refractivity contribution in [2.45, 2.75) is 101 Å². The molecule has 4 rings (SSSR count). The number of phenols is 1. The predicted molar refractivity (Wildman–Crippen MR) is 158 cm³/mol. The van der Waals surface area contributed by atoms with Gasteiger partial charge in [0.15, 0.2) is 0 Å². The molecule has 8 heteroatoms. The van der Waals surface area contributed by atoms with Crippen LogP contribution in [0.2, 0.25) is 0 Å². The third-order valence-corrected chi connectivity index (χ3v) is 9.66. The maximum absolute atomic E-state index is 12.4. The van der Waals surface area contributed by atoms with Crippen molar-refractivity contribution in [3.63, 3.8) is 0 Å². The third-order valence-electron chi connectivity index (χ3n) is 8.73. The minimum atomic E-state index is -3.70. The molecule has 2 atom stereocenters. The van der Waals surface area contributed by atoms with Crippen LogP contribution in [0.4, 0.5) is 0 Å². The molecule has 0 aromatic heterocycles.